The molecule has 2 aromatic heterocycles. The average Bonchev–Trinajstić information content (AvgIpc) is 3.09. The third kappa shape index (κ3) is 4.15. The van der Waals surface area contributed by atoms with Crippen LogP contribution in [-0.4, -0.2) is 28.4 Å². The average molecular weight is 400 g/mol. The maximum Gasteiger partial charge on any atom is 0.268 e. The fourth-order valence-corrected chi connectivity index (χ4v) is 3.37. The smallest absolute Gasteiger partial charge is 0.268 e. The van der Waals surface area contributed by atoms with Gasteiger partial charge in [0.1, 0.15) is 11.4 Å². The Morgan fingerprint density at radius 2 is 1.93 bits per heavy atom. The van der Waals surface area contributed by atoms with E-state index < -0.39 is 17.3 Å². The number of amides is 2. The van der Waals surface area contributed by atoms with Gasteiger partial charge in [-0.05, 0) is 42.8 Å². The Morgan fingerprint density at radius 3 is 2.61 bits per heavy atom. The van der Waals surface area contributed by atoms with Crippen molar-refractivity contribution < 1.29 is 14.0 Å². The van der Waals surface area contributed by atoms with Gasteiger partial charge < -0.3 is 5.32 Å². The van der Waals surface area contributed by atoms with E-state index in [2.05, 4.69) is 15.6 Å². The summed E-state index contributed by atoms with van der Waals surface area (Å²) in [5, 5.41) is 5.41. The SMILES string of the molecule is CNC(=O)Cc1cnc(NC(=O)c2c(C)ccn(-c3ccc(F)cc3)c2=O)s1. The molecule has 0 bridgehead atoms. The summed E-state index contributed by atoms with van der Waals surface area (Å²) in [5.74, 6) is -1.18. The van der Waals surface area contributed by atoms with Gasteiger partial charge in [0.05, 0.1) is 6.42 Å². The van der Waals surface area contributed by atoms with Gasteiger partial charge in [-0.25, -0.2) is 9.37 Å². The highest BCUT2D eigenvalue weighted by Gasteiger charge is 2.18. The molecular weight excluding hydrogens is 383 g/mol. The first-order valence-electron chi connectivity index (χ1n) is 8.34. The van der Waals surface area contributed by atoms with E-state index in [1.807, 2.05) is 0 Å². The molecule has 0 unspecified atom stereocenters. The van der Waals surface area contributed by atoms with Crippen LogP contribution in [0.5, 0.6) is 0 Å². The van der Waals surface area contributed by atoms with Crippen LogP contribution in [0.25, 0.3) is 5.69 Å². The van der Waals surface area contributed by atoms with E-state index in [1.165, 1.54) is 48.3 Å². The van der Waals surface area contributed by atoms with E-state index in [0.717, 1.165) is 11.3 Å². The Labute approximate surface area is 163 Å². The van der Waals surface area contributed by atoms with Crippen molar-refractivity contribution in [3.8, 4) is 5.69 Å². The van der Waals surface area contributed by atoms with Crippen LogP contribution in [0.3, 0.4) is 0 Å². The number of nitrogens with zero attached hydrogens (tertiary/aromatic N) is 2. The molecule has 0 aliphatic heterocycles. The zero-order valence-electron chi connectivity index (χ0n) is 15.2. The lowest BCUT2D eigenvalue weighted by Gasteiger charge is -2.10. The van der Waals surface area contributed by atoms with Crippen LogP contribution in [0.15, 0.2) is 47.5 Å². The Morgan fingerprint density at radius 1 is 1.21 bits per heavy atom. The lowest BCUT2D eigenvalue weighted by Crippen LogP contribution is -2.29. The predicted molar refractivity (Wildman–Crippen MR) is 105 cm³/mol. The van der Waals surface area contributed by atoms with Crippen molar-refractivity contribution in [1.29, 1.82) is 0 Å². The van der Waals surface area contributed by atoms with Gasteiger partial charge in [-0.15, -0.1) is 11.3 Å². The van der Waals surface area contributed by atoms with Crippen molar-refractivity contribution in [3.63, 3.8) is 0 Å². The Hall–Kier alpha value is -3.33. The molecular formula is C19H17FN4O3S. The van der Waals surface area contributed by atoms with E-state index in [4.69, 9.17) is 0 Å². The van der Waals surface area contributed by atoms with Crippen LogP contribution in [0, 0.1) is 12.7 Å². The van der Waals surface area contributed by atoms with Crippen molar-refractivity contribution >= 4 is 28.3 Å². The van der Waals surface area contributed by atoms with Crippen molar-refractivity contribution in [2.45, 2.75) is 13.3 Å². The highest BCUT2D eigenvalue weighted by atomic mass is 32.1. The molecule has 0 saturated heterocycles. The minimum Gasteiger partial charge on any atom is -0.359 e. The molecule has 3 aromatic rings. The van der Waals surface area contributed by atoms with Gasteiger partial charge in [0.15, 0.2) is 5.13 Å². The van der Waals surface area contributed by atoms with E-state index >= 15 is 0 Å². The number of carbonyl (C=O) groups excluding carboxylic acids is 2. The number of pyridine rings is 1. The van der Waals surface area contributed by atoms with Crippen molar-refractivity contribution in [1.82, 2.24) is 14.9 Å². The molecule has 1 aromatic carbocycles. The molecule has 2 amide bonds. The van der Waals surface area contributed by atoms with Crippen LogP contribution in [-0.2, 0) is 11.2 Å². The lowest BCUT2D eigenvalue weighted by atomic mass is 10.1. The number of halogens is 1. The molecule has 7 nitrogen and oxygen atoms in total. The summed E-state index contributed by atoms with van der Waals surface area (Å²) < 4.78 is 14.4. The van der Waals surface area contributed by atoms with Gasteiger partial charge in [0.25, 0.3) is 11.5 Å². The summed E-state index contributed by atoms with van der Waals surface area (Å²) in [6.07, 6.45) is 3.20. The largest absolute Gasteiger partial charge is 0.359 e. The quantitative estimate of drug-likeness (QED) is 0.687. The monoisotopic (exact) mass is 400 g/mol. The Balaban J connectivity index is 1.88. The fourth-order valence-electron chi connectivity index (χ4n) is 2.56. The Kier molecular flexibility index (Phi) is 5.65. The van der Waals surface area contributed by atoms with Gasteiger partial charge >= 0.3 is 0 Å². The number of nitrogens with one attached hydrogen (secondary N) is 2. The van der Waals surface area contributed by atoms with E-state index in [0.29, 0.717) is 21.3 Å². The summed E-state index contributed by atoms with van der Waals surface area (Å²) in [7, 11) is 1.54. The topological polar surface area (TPSA) is 93.1 Å². The molecule has 144 valence electrons. The number of hydrogen-bond acceptors (Lipinski definition) is 5. The van der Waals surface area contributed by atoms with Gasteiger partial charge in [-0.3, -0.25) is 24.3 Å². The van der Waals surface area contributed by atoms with Crippen molar-refractivity contribution in [2.75, 3.05) is 12.4 Å². The highest BCUT2D eigenvalue weighted by molar-refractivity contribution is 7.15. The summed E-state index contributed by atoms with van der Waals surface area (Å²) in [5.41, 5.74) is 0.395. The minimum atomic E-state index is -0.597. The van der Waals surface area contributed by atoms with Crippen LogP contribution in [0.2, 0.25) is 0 Å². The second-order valence-electron chi connectivity index (χ2n) is 5.96. The molecule has 3 rings (SSSR count). The zero-order chi connectivity index (χ0) is 20.3. The summed E-state index contributed by atoms with van der Waals surface area (Å²) in [6, 6.07) is 7.04. The number of benzene rings is 1. The number of likely N-dealkylation sites (N-methyl/N-ethyl adjacent to an activating group) is 1. The molecule has 0 atom stereocenters. The summed E-state index contributed by atoms with van der Waals surface area (Å²) in [4.78, 5) is 41.7. The first-order valence-corrected chi connectivity index (χ1v) is 9.15. The number of rotatable bonds is 5. The Bertz CT molecular complexity index is 1090. The normalized spacial score (nSPS) is 10.5. The second kappa shape index (κ2) is 8.13. The fraction of sp³-hybridized carbons (Fsp3) is 0.158. The molecule has 2 N–H and O–H groups in total. The molecule has 0 aliphatic carbocycles. The maximum absolute atomic E-state index is 13.1. The number of aromatic nitrogens is 2. The summed E-state index contributed by atoms with van der Waals surface area (Å²) >= 11 is 1.16. The number of hydrogen-bond donors (Lipinski definition) is 2. The predicted octanol–water partition coefficient (Wildman–Crippen LogP) is 2.28. The first kappa shape index (κ1) is 19.4. The molecule has 0 radical (unpaired) electrons. The van der Waals surface area contributed by atoms with Gasteiger partial charge in [-0.2, -0.15) is 0 Å². The molecule has 0 fully saturated rings. The van der Waals surface area contributed by atoms with Crippen LogP contribution >= 0.6 is 11.3 Å². The standard InChI is InChI=1S/C19H17FN4O3S/c1-11-7-8-24(13-5-3-12(20)4-6-13)18(27)16(11)17(26)23-19-22-10-14(28-19)9-15(25)21-2/h3-8,10H,9H2,1-2H3,(H,21,25)(H,22,23,26). The van der Waals surface area contributed by atoms with Crippen LogP contribution < -0.4 is 16.2 Å². The van der Waals surface area contributed by atoms with Gasteiger partial charge in [0.2, 0.25) is 5.91 Å². The summed E-state index contributed by atoms with van der Waals surface area (Å²) in [6.45, 7) is 1.66. The molecule has 2 heterocycles. The van der Waals surface area contributed by atoms with E-state index in [-0.39, 0.29) is 17.9 Å². The number of anilines is 1. The molecule has 0 saturated carbocycles. The van der Waals surface area contributed by atoms with Crippen molar-refractivity contribution in [3.05, 3.63) is 74.9 Å². The first-order chi connectivity index (χ1) is 13.4. The zero-order valence-corrected chi connectivity index (χ0v) is 16.0. The molecule has 0 spiro atoms. The van der Waals surface area contributed by atoms with Crippen LogP contribution in [0.4, 0.5) is 9.52 Å². The lowest BCUT2D eigenvalue weighted by molar-refractivity contribution is -0.119. The van der Waals surface area contributed by atoms with Gasteiger partial charge in [-0.1, -0.05) is 0 Å². The maximum atomic E-state index is 13.1. The number of carbonyl (C=O) groups is 2. The van der Waals surface area contributed by atoms with E-state index in [1.54, 1.807) is 13.0 Å². The van der Waals surface area contributed by atoms with Gasteiger partial charge in [0, 0.05) is 30.0 Å². The number of aryl methyl sites for hydroxylation is 1. The molecule has 0 aliphatic rings. The van der Waals surface area contributed by atoms with E-state index in [9.17, 15) is 18.8 Å². The van der Waals surface area contributed by atoms with Crippen molar-refractivity contribution in [2.24, 2.45) is 0 Å². The highest BCUT2D eigenvalue weighted by Crippen LogP contribution is 2.19. The third-order valence-corrected chi connectivity index (χ3v) is 4.93. The second-order valence-corrected chi connectivity index (χ2v) is 7.08. The third-order valence-electron chi connectivity index (χ3n) is 4.02. The minimum absolute atomic E-state index is 0.0325. The number of thiazole rings is 1. The molecule has 9 heteroatoms. The van der Waals surface area contributed by atoms with Crippen LogP contribution in [0.1, 0.15) is 20.8 Å². The molecule has 28 heavy (non-hydrogen) atoms.